The van der Waals surface area contributed by atoms with Crippen LogP contribution in [0.15, 0.2) is 24.3 Å². The molecule has 1 unspecified atom stereocenters. The van der Waals surface area contributed by atoms with Gasteiger partial charge < -0.3 is 15.7 Å². The summed E-state index contributed by atoms with van der Waals surface area (Å²) >= 11 is 0. The molecule has 2 amide bonds. The van der Waals surface area contributed by atoms with Crippen molar-refractivity contribution in [1.29, 1.82) is 0 Å². The number of benzene rings is 1. The van der Waals surface area contributed by atoms with Crippen LogP contribution in [0.25, 0.3) is 0 Å². The minimum absolute atomic E-state index is 0.152. The Kier molecular flexibility index (Phi) is 7.08. The van der Waals surface area contributed by atoms with Gasteiger partial charge in [0.25, 0.3) is 0 Å². The molecule has 0 aliphatic carbocycles. The van der Waals surface area contributed by atoms with Crippen molar-refractivity contribution >= 4 is 17.8 Å². The molecule has 1 aromatic rings. The van der Waals surface area contributed by atoms with Gasteiger partial charge in [-0.1, -0.05) is 31.2 Å². The molecule has 1 rings (SSSR count). The molecule has 0 radical (unpaired) electrons. The Labute approximate surface area is 129 Å². The monoisotopic (exact) mass is 306 g/mol. The molecular formula is C16H22N2O4. The molecule has 120 valence electrons. The van der Waals surface area contributed by atoms with Crippen molar-refractivity contribution in [3.05, 3.63) is 35.4 Å². The van der Waals surface area contributed by atoms with Gasteiger partial charge >= 0.3 is 5.97 Å². The molecule has 0 aliphatic rings. The van der Waals surface area contributed by atoms with Crippen LogP contribution in [0.4, 0.5) is 0 Å². The van der Waals surface area contributed by atoms with E-state index in [9.17, 15) is 14.4 Å². The first-order valence-electron chi connectivity index (χ1n) is 7.27. The predicted octanol–water partition coefficient (Wildman–Crippen LogP) is 1.54. The van der Waals surface area contributed by atoms with E-state index < -0.39 is 17.9 Å². The molecule has 6 heteroatoms. The highest BCUT2D eigenvalue weighted by molar-refractivity contribution is 5.85. The summed E-state index contributed by atoms with van der Waals surface area (Å²) in [5.74, 6) is -1.59. The maximum absolute atomic E-state index is 11.9. The quantitative estimate of drug-likeness (QED) is 0.679. The van der Waals surface area contributed by atoms with Gasteiger partial charge in [-0.2, -0.15) is 0 Å². The van der Waals surface area contributed by atoms with Gasteiger partial charge in [0, 0.05) is 6.42 Å². The zero-order valence-corrected chi connectivity index (χ0v) is 12.9. The summed E-state index contributed by atoms with van der Waals surface area (Å²) in [5, 5.41) is 14.2. The SMILES string of the molecule is CCCC(=O)NCC(=O)NC(CC(=O)O)c1ccccc1C. The number of amides is 2. The first-order chi connectivity index (χ1) is 10.4. The van der Waals surface area contributed by atoms with E-state index in [1.807, 2.05) is 26.0 Å². The van der Waals surface area contributed by atoms with E-state index in [2.05, 4.69) is 10.6 Å². The van der Waals surface area contributed by atoms with Gasteiger partial charge in [0.05, 0.1) is 19.0 Å². The number of hydrogen-bond donors (Lipinski definition) is 3. The number of nitrogens with one attached hydrogen (secondary N) is 2. The van der Waals surface area contributed by atoms with E-state index in [0.717, 1.165) is 11.1 Å². The van der Waals surface area contributed by atoms with Crippen LogP contribution in [-0.2, 0) is 14.4 Å². The van der Waals surface area contributed by atoms with Crippen LogP contribution in [-0.4, -0.2) is 29.4 Å². The third-order valence-electron chi connectivity index (χ3n) is 3.20. The fourth-order valence-corrected chi connectivity index (χ4v) is 2.13. The average Bonchev–Trinajstić information content (AvgIpc) is 2.45. The highest BCUT2D eigenvalue weighted by Gasteiger charge is 2.19. The van der Waals surface area contributed by atoms with E-state index >= 15 is 0 Å². The molecule has 22 heavy (non-hydrogen) atoms. The summed E-state index contributed by atoms with van der Waals surface area (Å²) in [4.78, 5) is 34.3. The number of carboxylic acid groups (broad SMARTS) is 1. The summed E-state index contributed by atoms with van der Waals surface area (Å²) in [6.07, 6.45) is 0.863. The van der Waals surface area contributed by atoms with E-state index in [4.69, 9.17) is 5.11 Å². The van der Waals surface area contributed by atoms with Crippen molar-refractivity contribution in [2.45, 2.75) is 39.2 Å². The Balaban J connectivity index is 2.70. The Morgan fingerprint density at radius 3 is 2.45 bits per heavy atom. The van der Waals surface area contributed by atoms with Crippen LogP contribution in [0.2, 0.25) is 0 Å². The maximum atomic E-state index is 11.9. The molecule has 0 heterocycles. The lowest BCUT2D eigenvalue weighted by Crippen LogP contribution is -2.39. The third kappa shape index (κ3) is 5.95. The summed E-state index contributed by atoms with van der Waals surface area (Å²) in [5.41, 5.74) is 1.67. The van der Waals surface area contributed by atoms with E-state index in [1.165, 1.54) is 0 Å². The highest BCUT2D eigenvalue weighted by atomic mass is 16.4. The van der Waals surface area contributed by atoms with Crippen LogP contribution < -0.4 is 10.6 Å². The summed E-state index contributed by atoms with van der Waals surface area (Å²) in [7, 11) is 0. The number of aryl methyl sites for hydroxylation is 1. The van der Waals surface area contributed by atoms with Gasteiger partial charge in [-0.25, -0.2) is 0 Å². The van der Waals surface area contributed by atoms with E-state index in [0.29, 0.717) is 12.8 Å². The number of carbonyl (C=O) groups excluding carboxylic acids is 2. The minimum atomic E-state index is -0.997. The molecule has 0 aliphatic heterocycles. The topological polar surface area (TPSA) is 95.5 Å². The predicted molar refractivity (Wildman–Crippen MR) is 82.2 cm³/mol. The van der Waals surface area contributed by atoms with Crippen LogP contribution in [0.1, 0.15) is 43.4 Å². The van der Waals surface area contributed by atoms with Gasteiger partial charge in [0.2, 0.25) is 11.8 Å². The van der Waals surface area contributed by atoms with Crippen molar-refractivity contribution in [1.82, 2.24) is 10.6 Å². The van der Waals surface area contributed by atoms with Gasteiger partial charge in [-0.15, -0.1) is 0 Å². The zero-order chi connectivity index (χ0) is 16.5. The van der Waals surface area contributed by atoms with Gasteiger partial charge in [-0.3, -0.25) is 14.4 Å². The minimum Gasteiger partial charge on any atom is -0.481 e. The number of carbonyl (C=O) groups is 3. The highest BCUT2D eigenvalue weighted by Crippen LogP contribution is 2.20. The summed E-state index contributed by atoms with van der Waals surface area (Å²) in [6.45, 7) is 3.58. The van der Waals surface area contributed by atoms with Crippen LogP contribution in [0.5, 0.6) is 0 Å². The third-order valence-corrected chi connectivity index (χ3v) is 3.20. The Bertz CT molecular complexity index is 543. The number of aliphatic carboxylic acids is 1. The molecule has 0 bridgehead atoms. The van der Waals surface area contributed by atoms with Crippen molar-refractivity contribution < 1.29 is 19.5 Å². The molecule has 0 aromatic heterocycles. The van der Waals surface area contributed by atoms with Crippen molar-refractivity contribution in [2.24, 2.45) is 0 Å². The smallest absolute Gasteiger partial charge is 0.305 e. The van der Waals surface area contributed by atoms with Gasteiger partial charge in [0.1, 0.15) is 0 Å². The van der Waals surface area contributed by atoms with E-state index in [1.54, 1.807) is 12.1 Å². The number of hydrogen-bond acceptors (Lipinski definition) is 3. The van der Waals surface area contributed by atoms with Crippen LogP contribution in [0.3, 0.4) is 0 Å². The van der Waals surface area contributed by atoms with Crippen LogP contribution >= 0.6 is 0 Å². The molecule has 3 N–H and O–H groups in total. The zero-order valence-electron chi connectivity index (χ0n) is 12.9. The number of rotatable bonds is 8. The first-order valence-corrected chi connectivity index (χ1v) is 7.27. The maximum Gasteiger partial charge on any atom is 0.305 e. The number of carboxylic acids is 1. The second kappa shape index (κ2) is 8.81. The van der Waals surface area contributed by atoms with Crippen LogP contribution in [0, 0.1) is 6.92 Å². The Morgan fingerprint density at radius 1 is 1.18 bits per heavy atom. The molecular weight excluding hydrogens is 284 g/mol. The molecule has 0 saturated heterocycles. The largest absolute Gasteiger partial charge is 0.481 e. The molecule has 0 spiro atoms. The normalized spacial score (nSPS) is 11.5. The van der Waals surface area contributed by atoms with Gasteiger partial charge in [0.15, 0.2) is 0 Å². The lowest BCUT2D eigenvalue weighted by Gasteiger charge is -2.19. The van der Waals surface area contributed by atoms with Crippen molar-refractivity contribution in [3.63, 3.8) is 0 Å². The Hall–Kier alpha value is -2.37. The summed E-state index contributed by atoms with van der Waals surface area (Å²) in [6, 6.07) is 6.68. The van der Waals surface area contributed by atoms with Crippen molar-refractivity contribution in [3.8, 4) is 0 Å². The molecule has 1 atom stereocenters. The average molecular weight is 306 g/mol. The molecule has 0 fully saturated rings. The lowest BCUT2D eigenvalue weighted by molar-refractivity contribution is -0.138. The molecule has 0 saturated carbocycles. The standard InChI is InChI=1S/C16H22N2O4/c1-3-6-14(19)17-10-15(20)18-13(9-16(21)22)12-8-5-4-7-11(12)2/h4-5,7-8,13H,3,6,9-10H2,1-2H3,(H,17,19)(H,18,20)(H,21,22). The van der Waals surface area contributed by atoms with Gasteiger partial charge in [-0.05, 0) is 24.5 Å². The second-order valence-corrected chi connectivity index (χ2v) is 5.10. The summed E-state index contributed by atoms with van der Waals surface area (Å²) < 4.78 is 0. The fraction of sp³-hybridized carbons (Fsp3) is 0.438. The molecule has 6 nitrogen and oxygen atoms in total. The molecule has 1 aromatic carbocycles. The lowest BCUT2D eigenvalue weighted by atomic mass is 9.99. The van der Waals surface area contributed by atoms with E-state index in [-0.39, 0.29) is 18.9 Å². The Morgan fingerprint density at radius 2 is 1.86 bits per heavy atom. The van der Waals surface area contributed by atoms with Crippen molar-refractivity contribution in [2.75, 3.05) is 6.54 Å². The fourth-order valence-electron chi connectivity index (χ4n) is 2.13. The first kappa shape index (κ1) is 17.7. The second-order valence-electron chi connectivity index (χ2n) is 5.10.